The largest absolute Gasteiger partial charge is 0.316 e. The van der Waals surface area contributed by atoms with Crippen molar-refractivity contribution in [2.24, 2.45) is 5.92 Å². The molecule has 2 aliphatic rings. The summed E-state index contributed by atoms with van der Waals surface area (Å²) in [5.41, 5.74) is 3.77. The molecule has 2 amide bonds. The summed E-state index contributed by atoms with van der Waals surface area (Å²) in [5, 5.41) is 13.2. The maximum atomic E-state index is 12.8. The minimum absolute atomic E-state index is 0.0321. The highest BCUT2D eigenvalue weighted by atomic mass is 32.1. The number of fused-ring (bicyclic) bond motifs is 1. The summed E-state index contributed by atoms with van der Waals surface area (Å²) in [6, 6.07) is 10.2. The van der Waals surface area contributed by atoms with E-state index in [1.54, 1.807) is 4.90 Å². The van der Waals surface area contributed by atoms with Crippen LogP contribution in [0.3, 0.4) is 0 Å². The number of nitriles is 1. The van der Waals surface area contributed by atoms with Crippen LogP contribution in [-0.4, -0.2) is 18.4 Å². The lowest BCUT2D eigenvalue weighted by molar-refractivity contribution is -0.122. The SMILES string of the molecule is CCc1ccc(N2CC(C(=O)Nc3sc4c(c3C#N)CCCC4)CC2=O)cc1. The van der Waals surface area contributed by atoms with Gasteiger partial charge in [-0.2, -0.15) is 5.26 Å². The van der Waals surface area contributed by atoms with Gasteiger partial charge in [-0.05, 0) is 55.4 Å². The van der Waals surface area contributed by atoms with Crippen LogP contribution in [0.1, 0.15) is 47.8 Å². The zero-order chi connectivity index (χ0) is 19.7. The summed E-state index contributed by atoms with van der Waals surface area (Å²) >= 11 is 1.52. The quantitative estimate of drug-likeness (QED) is 0.851. The Bertz CT molecular complexity index is 955. The molecule has 1 atom stereocenters. The summed E-state index contributed by atoms with van der Waals surface area (Å²) in [6.45, 7) is 2.47. The minimum atomic E-state index is -0.399. The molecule has 0 bridgehead atoms. The molecule has 1 unspecified atom stereocenters. The number of anilines is 2. The van der Waals surface area contributed by atoms with Gasteiger partial charge in [0.05, 0.1) is 11.5 Å². The number of nitrogens with zero attached hydrogens (tertiary/aromatic N) is 2. The van der Waals surface area contributed by atoms with Crippen LogP contribution in [0.15, 0.2) is 24.3 Å². The van der Waals surface area contributed by atoms with E-state index >= 15 is 0 Å². The Labute approximate surface area is 169 Å². The molecule has 4 rings (SSSR count). The third kappa shape index (κ3) is 3.43. The van der Waals surface area contributed by atoms with Crippen molar-refractivity contribution in [3.8, 4) is 6.07 Å². The summed E-state index contributed by atoms with van der Waals surface area (Å²) in [7, 11) is 0. The average Bonchev–Trinajstić information content (AvgIpc) is 3.28. The van der Waals surface area contributed by atoms with Gasteiger partial charge < -0.3 is 10.2 Å². The van der Waals surface area contributed by atoms with Gasteiger partial charge in [-0.3, -0.25) is 9.59 Å². The van der Waals surface area contributed by atoms with Crippen molar-refractivity contribution in [3.05, 3.63) is 45.8 Å². The third-order valence-electron chi connectivity index (χ3n) is 5.67. The molecule has 2 heterocycles. The number of hydrogen-bond acceptors (Lipinski definition) is 4. The first-order chi connectivity index (χ1) is 13.6. The van der Waals surface area contributed by atoms with Crippen LogP contribution in [0.25, 0.3) is 0 Å². The monoisotopic (exact) mass is 393 g/mol. The third-order valence-corrected chi connectivity index (χ3v) is 6.88. The Balaban J connectivity index is 1.48. The van der Waals surface area contributed by atoms with E-state index in [1.165, 1.54) is 21.8 Å². The Hall–Kier alpha value is -2.65. The number of thiophene rings is 1. The van der Waals surface area contributed by atoms with Crippen molar-refractivity contribution in [1.82, 2.24) is 0 Å². The van der Waals surface area contributed by atoms with Crippen LogP contribution < -0.4 is 10.2 Å². The first-order valence-electron chi connectivity index (χ1n) is 9.85. The van der Waals surface area contributed by atoms with E-state index in [4.69, 9.17) is 0 Å². The van der Waals surface area contributed by atoms with Gasteiger partial charge in [0.1, 0.15) is 11.1 Å². The number of hydrogen-bond donors (Lipinski definition) is 1. The van der Waals surface area contributed by atoms with E-state index in [1.807, 2.05) is 24.3 Å². The number of aryl methyl sites for hydroxylation is 2. The van der Waals surface area contributed by atoms with Crippen molar-refractivity contribution in [2.45, 2.75) is 45.4 Å². The molecule has 1 saturated heterocycles. The van der Waals surface area contributed by atoms with Crippen molar-refractivity contribution in [1.29, 1.82) is 5.26 Å². The molecule has 1 aromatic heterocycles. The Morgan fingerprint density at radius 3 is 2.75 bits per heavy atom. The lowest BCUT2D eigenvalue weighted by Gasteiger charge is -2.17. The molecule has 6 heteroatoms. The van der Waals surface area contributed by atoms with Crippen LogP contribution in [0.5, 0.6) is 0 Å². The van der Waals surface area contributed by atoms with Crippen molar-refractivity contribution in [2.75, 3.05) is 16.8 Å². The van der Waals surface area contributed by atoms with E-state index in [9.17, 15) is 14.9 Å². The maximum Gasteiger partial charge on any atom is 0.230 e. The lowest BCUT2D eigenvalue weighted by atomic mass is 9.96. The number of carbonyl (C=O) groups excluding carboxylic acids is 2. The molecule has 0 spiro atoms. The molecule has 1 fully saturated rings. The lowest BCUT2D eigenvalue weighted by Crippen LogP contribution is -2.28. The molecule has 0 saturated carbocycles. The zero-order valence-corrected chi connectivity index (χ0v) is 16.8. The molecule has 1 N–H and O–H groups in total. The Morgan fingerprint density at radius 1 is 1.29 bits per heavy atom. The first kappa shape index (κ1) is 18.7. The van der Waals surface area contributed by atoms with Crippen molar-refractivity contribution >= 4 is 33.8 Å². The molecular weight excluding hydrogens is 370 g/mol. The van der Waals surface area contributed by atoms with Crippen LogP contribution in [0, 0.1) is 17.2 Å². The van der Waals surface area contributed by atoms with Crippen LogP contribution in [0.2, 0.25) is 0 Å². The second-order valence-electron chi connectivity index (χ2n) is 7.44. The fraction of sp³-hybridized carbons (Fsp3) is 0.409. The normalized spacial score (nSPS) is 18.6. The van der Waals surface area contributed by atoms with E-state index in [0.717, 1.165) is 43.4 Å². The zero-order valence-electron chi connectivity index (χ0n) is 16.0. The molecule has 1 aromatic carbocycles. The van der Waals surface area contributed by atoms with Gasteiger partial charge >= 0.3 is 0 Å². The van der Waals surface area contributed by atoms with Gasteiger partial charge in [0.15, 0.2) is 0 Å². The van der Waals surface area contributed by atoms with Gasteiger partial charge in [-0.25, -0.2) is 0 Å². The first-order valence-corrected chi connectivity index (χ1v) is 10.7. The van der Waals surface area contributed by atoms with E-state index < -0.39 is 5.92 Å². The topological polar surface area (TPSA) is 73.2 Å². The highest BCUT2D eigenvalue weighted by Gasteiger charge is 2.36. The maximum absolute atomic E-state index is 12.8. The van der Waals surface area contributed by atoms with Gasteiger partial charge in [-0.15, -0.1) is 11.3 Å². The summed E-state index contributed by atoms with van der Waals surface area (Å²) in [6.07, 6.45) is 5.27. The average molecular weight is 394 g/mol. The molecule has 5 nitrogen and oxygen atoms in total. The predicted molar refractivity (Wildman–Crippen MR) is 111 cm³/mol. The molecular formula is C22H23N3O2S. The summed E-state index contributed by atoms with van der Waals surface area (Å²) < 4.78 is 0. The van der Waals surface area contributed by atoms with E-state index in [-0.39, 0.29) is 18.2 Å². The molecule has 1 aliphatic carbocycles. The molecule has 1 aliphatic heterocycles. The van der Waals surface area contributed by atoms with Gasteiger partial charge in [-0.1, -0.05) is 19.1 Å². The predicted octanol–water partition coefficient (Wildman–Crippen LogP) is 4.05. The van der Waals surface area contributed by atoms with Gasteiger partial charge in [0.2, 0.25) is 11.8 Å². The second kappa shape index (κ2) is 7.76. The molecule has 0 radical (unpaired) electrons. The Morgan fingerprint density at radius 2 is 2.04 bits per heavy atom. The van der Waals surface area contributed by atoms with Gasteiger partial charge in [0, 0.05) is 23.5 Å². The van der Waals surface area contributed by atoms with E-state index in [0.29, 0.717) is 17.1 Å². The smallest absolute Gasteiger partial charge is 0.230 e. The Kier molecular flexibility index (Phi) is 5.19. The highest BCUT2D eigenvalue weighted by molar-refractivity contribution is 7.16. The minimum Gasteiger partial charge on any atom is -0.316 e. The van der Waals surface area contributed by atoms with E-state index in [2.05, 4.69) is 18.3 Å². The fourth-order valence-electron chi connectivity index (χ4n) is 4.03. The summed E-state index contributed by atoms with van der Waals surface area (Å²) in [4.78, 5) is 28.2. The fourth-order valence-corrected chi connectivity index (χ4v) is 5.27. The highest BCUT2D eigenvalue weighted by Crippen LogP contribution is 2.38. The standard InChI is InChI=1S/C22H23N3O2S/c1-2-14-7-9-16(10-8-14)25-13-15(11-20(25)26)21(27)24-22-18(12-23)17-5-3-4-6-19(17)28-22/h7-10,15H,2-6,11,13H2,1H3,(H,24,27). The van der Waals surface area contributed by atoms with Crippen molar-refractivity contribution in [3.63, 3.8) is 0 Å². The van der Waals surface area contributed by atoms with Crippen molar-refractivity contribution < 1.29 is 9.59 Å². The summed E-state index contributed by atoms with van der Waals surface area (Å²) in [5.74, 6) is -0.601. The molecule has 144 valence electrons. The number of benzene rings is 1. The number of nitrogens with one attached hydrogen (secondary N) is 1. The number of carbonyl (C=O) groups is 2. The number of amides is 2. The number of rotatable bonds is 4. The molecule has 2 aromatic rings. The van der Waals surface area contributed by atoms with Crippen LogP contribution >= 0.6 is 11.3 Å². The molecule has 28 heavy (non-hydrogen) atoms. The van der Waals surface area contributed by atoms with Crippen LogP contribution in [0.4, 0.5) is 10.7 Å². The van der Waals surface area contributed by atoms with Gasteiger partial charge in [0.25, 0.3) is 0 Å². The van der Waals surface area contributed by atoms with Crippen LogP contribution in [-0.2, 0) is 28.9 Å². The second-order valence-corrected chi connectivity index (χ2v) is 8.55.